The van der Waals surface area contributed by atoms with Gasteiger partial charge in [0, 0.05) is 15.7 Å². The lowest BCUT2D eigenvalue weighted by Crippen LogP contribution is -2.22. The SMILES string of the molecule is C=CCNC(=O)c1ccc([123I])cc1. The van der Waals surface area contributed by atoms with Gasteiger partial charge in [0.15, 0.2) is 0 Å². The minimum absolute atomic E-state index is 0.0590. The molecule has 0 atom stereocenters. The Hall–Kier alpha value is -0.840. The molecule has 1 N–H and O–H groups in total. The van der Waals surface area contributed by atoms with Crippen molar-refractivity contribution in [2.75, 3.05) is 6.54 Å². The lowest BCUT2D eigenvalue weighted by atomic mass is 10.2. The number of nitrogens with one attached hydrogen (secondary N) is 1. The van der Waals surface area contributed by atoms with Crippen LogP contribution in [0.25, 0.3) is 0 Å². The van der Waals surface area contributed by atoms with Crippen LogP contribution in [0.2, 0.25) is 0 Å². The maximum Gasteiger partial charge on any atom is 0.251 e. The van der Waals surface area contributed by atoms with Gasteiger partial charge in [-0.1, -0.05) is 6.08 Å². The zero-order valence-corrected chi connectivity index (χ0v) is 9.24. The normalized spacial score (nSPS) is 9.31. The molecule has 0 bridgehead atoms. The lowest BCUT2D eigenvalue weighted by Gasteiger charge is -2.01. The van der Waals surface area contributed by atoms with Crippen LogP contribution >= 0.6 is 22.6 Å². The molecular formula is C10H10INO. The van der Waals surface area contributed by atoms with Crippen molar-refractivity contribution in [3.8, 4) is 0 Å². The van der Waals surface area contributed by atoms with Gasteiger partial charge >= 0.3 is 0 Å². The van der Waals surface area contributed by atoms with Crippen molar-refractivity contribution >= 4 is 28.5 Å². The fraction of sp³-hybridized carbons (Fsp3) is 0.100. The number of hydrogen-bond donors (Lipinski definition) is 1. The van der Waals surface area contributed by atoms with Crippen LogP contribution in [-0.2, 0) is 0 Å². The first-order chi connectivity index (χ1) is 6.24. The summed E-state index contributed by atoms with van der Waals surface area (Å²) < 4.78 is 1.12. The van der Waals surface area contributed by atoms with Crippen molar-refractivity contribution in [3.05, 3.63) is 46.1 Å². The maximum absolute atomic E-state index is 11.4. The smallest absolute Gasteiger partial charge is 0.251 e. The third kappa shape index (κ3) is 3.18. The summed E-state index contributed by atoms with van der Waals surface area (Å²) in [6.45, 7) is 4.03. The van der Waals surface area contributed by atoms with E-state index in [-0.39, 0.29) is 5.91 Å². The Morgan fingerprint density at radius 1 is 1.46 bits per heavy atom. The van der Waals surface area contributed by atoms with E-state index in [2.05, 4.69) is 34.5 Å². The highest BCUT2D eigenvalue weighted by atomic mass is 123. The van der Waals surface area contributed by atoms with Crippen LogP contribution in [-0.4, -0.2) is 12.5 Å². The van der Waals surface area contributed by atoms with Gasteiger partial charge < -0.3 is 5.32 Å². The molecule has 1 aromatic rings. The summed E-state index contributed by atoms with van der Waals surface area (Å²) in [6.07, 6.45) is 1.66. The van der Waals surface area contributed by atoms with Crippen molar-refractivity contribution in [2.45, 2.75) is 0 Å². The Balaban J connectivity index is 2.66. The van der Waals surface area contributed by atoms with E-state index in [1.54, 1.807) is 18.2 Å². The molecule has 68 valence electrons. The fourth-order valence-corrected chi connectivity index (χ4v) is 1.23. The number of benzene rings is 1. The highest BCUT2D eigenvalue weighted by Crippen LogP contribution is 2.06. The van der Waals surface area contributed by atoms with E-state index >= 15 is 0 Å². The Morgan fingerprint density at radius 3 is 2.62 bits per heavy atom. The average Bonchev–Trinajstić information content (AvgIpc) is 2.15. The Morgan fingerprint density at radius 2 is 2.08 bits per heavy atom. The second-order valence-corrected chi connectivity index (χ2v) is 3.75. The maximum atomic E-state index is 11.4. The van der Waals surface area contributed by atoms with Gasteiger partial charge in [-0.15, -0.1) is 6.58 Å². The van der Waals surface area contributed by atoms with E-state index < -0.39 is 0 Å². The van der Waals surface area contributed by atoms with Crippen LogP contribution in [0, 0.1) is 3.57 Å². The topological polar surface area (TPSA) is 29.1 Å². The quantitative estimate of drug-likeness (QED) is 0.668. The molecule has 13 heavy (non-hydrogen) atoms. The third-order valence-corrected chi connectivity index (χ3v) is 2.23. The molecule has 0 aliphatic carbocycles. The molecule has 0 unspecified atom stereocenters. The van der Waals surface area contributed by atoms with E-state index in [4.69, 9.17) is 0 Å². The summed E-state index contributed by atoms with van der Waals surface area (Å²) >= 11 is 2.20. The summed E-state index contributed by atoms with van der Waals surface area (Å²) in [5, 5.41) is 2.71. The van der Waals surface area contributed by atoms with Crippen molar-refractivity contribution in [1.29, 1.82) is 0 Å². The molecule has 0 aliphatic rings. The number of halogens is 1. The van der Waals surface area contributed by atoms with Crippen LogP contribution in [0.3, 0.4) is 0 Å². The van der Waals surface area contributed by atoms with Crippen LogP contribution < -0.4 is 5.32 Å². The van der Waals surface area contributed by atoms with E-state index in [9.17, 15) is 4.79 Å². The van der Waals surface area contributed by atoms with Crippen LogP contribution in [0.4, 0.5) is 0 Å². The van der Waals surface area contributed by atoms with E-state index in [1.807, 2.05) is 12.1 Å². The Kier molecular flexibility index (Phi) is 3.95. The van der Waals surface area contributed by atoms with E-state index in [1.165, 1.54) is 0 Å². The highest BCUT2D eigenvalue weighted by Gasteiger charge is 2.01. The summed E-state index contributed by atoms with van der Waals surface area (Å²) in [5.74, 6) is -0.0590. The molecule has 0 heterocycles. The lowest BCUT2D eigenvalue weighted by molar-refractivity contribution is 0.0958. The molecule has 0 aliphatic heterocycles. The first-order valence-electron chi connectivity index (χ1n) is 3.88. The minimum Gasteiger partial charge on any atom is -0.349 e. The largest absolute Gasteiger partial charge is 0.349 e. The second kappa shape index (κ2) is 5.01. The molecular weight excluding hydrogens is 273 g/mol. The van der Waals surface area contributed by atoms with Gasteiger partial charge in [0.25, 0.3) is 5.91 Å². The highest BCUT2D eigenvalue weighted by molar-refractivity contribution is 14.1. The summed E-state index contributed by atoms with van der Waals surface area (Å²) in [7, 11) is 0. The van der Waals surface area contributed by atoms with Gasteiger partial charge in [0.2, 0.25) is 0 Å². The van der Waals surface area contributed by atoms with Crippen LogP contribution in [0.5, 0.6) is 0 Å². The fourth-order valence-electron chi connectivity index (χ4n) is 0.868. The monoisotopic (exact) mass is 283 g/mol. The zero-order valence-electron chi connectivity index (χ0n) is 7.09. The van der Waals surface area contributed by atoms with Crippen LogP contribution in [0.1, 0.15) is 10.4 Å². The Labute approximate surface area is 91.2 Å². The first-order valence-corrected chi connectivity index (χ1v) is 4.96. The standard InChI is InChI=1S/C10H10INO/c1-2-7-12-10(13)8-3-5-9(11)6-4-8/h2-6H,1,7H2,(H,12,13)/i11-4. The van der Waals surface area contributed by atoms with Crippen molar-refractivity contribution < 1.29 is 4.79 Å². The van der Waals surface area contributed by atoms with Crippen LogP contribution in [0.15, 0.2) is 36.9 Å². The van der Waals surface area contributed by atoms with Crippen molar-refractivity contribution in [3.63, 3.8) is 0 Å². The number of rotatable bonds is 3. The predicted molar refractivity (Wildman–Crippen MR) is 61.7 cm³/mol. The molecule has 0 fully saturated rings. The van der Waals surface area contributed by atoms with E-state index in [0.29, 0.717) is 12.1 Å². The molecule has 1 rings (SSSR count). The molecule has 0 spiro atoms. The first kappa shape index (κ1) is 10.2. The van der Waals surface area contributed by atoms with Crippen molar-refractivity contribution in [1.82, 2.24) is 5.32 Å². The Bertz CT molecular complexity index is 305. The van der Waals surface area contributed by atoms with Gasteiger partial charge in [0.05, 0.1) is 0 Å². The molecule has 3 heteroatoms. The van der Waals surface area contributed by atoms with Crippen molar-refractivity contribution in [2.24, 2.45) is 0 Å². The molecule has 2 nitrogen and oxygen atoms in total. The molecule has 0 aromatic heterocycles. The van der Waals surface area contributed by atoms with Gasteiger partial charge in [-0.05, 0) is 46.9 Å². The third-order valence-electron chi connectivity index (χ3n) is 1.51. The molecule has 0 radical (unpaired) electrons. The summed E-state index contributed by atoms with van der Waals surface area (Å²) in [5.41, 5.74) is 0.683. The minimum atomic E-state index is -0.0590. The average molecular weight is 283 g/mol. The molecule has 0 saturated carbocycles. The number of carbonyl (C=O) groups is 1. The summed E-state index contributed by atoms with van der Waals surface area (Å²) in [6, 6.07) is 7.42. The van der Waals surface area contributed by atoms with E-state index in [0.717, 1.165) is 3.57 Å². The second-order valence-electron chi connectivity index (χ2n) is 2.51. The summed E-state index contributed by atoms with van der Waals surface area (Å²) in [4.78, 5) is 11.4. The zero-order chi connectivity index (χ0) is 9.68. The number of hydrogen-bond acceptors (Lipinski definition) is 1. The number of carbonyl (C=O) groups excluding carboxylic acids is 1. The van der Waals surface area contributed by atoms with Gasteiger partial charge in [0.1, 0.15) is 0 Å². The van der Waals surface area contributed by atoms with Gasteiger partial charge in [-0.3, -0.25) is 4.79 Å². The molecule has 1 aromatic carbocycles. The number of amides is 1. The van der Waals surface area contributed by atoms with Gasteiger partial charge in [-0.25, -0.2) is 0 Å². The van der Waals surface area contributed by atoms with Gasteiger partial charge in [-0.2, -0.15) is 0 Å². The predicted octanol–water partition coefficient (Wildman–Crippen LogP) is 2.21. The molecule has 1 amide bonds. The molecule has 0 saturated heterocycles.